The molecule has 0 radical (unpaired) electrons. The molecule has 0 spiro atoms. The second-order valence-corrected chi connectivity index (χ2v) is 11.9. The first kappa shape index (κ1) is 29.8. The molecule has 6 nitrogen and oxygen atoms in total. The minimum Gasteiger partial charge on any atom is -0.276 e. The van der Waals surface area contributed by atoms with Gasteiger partial charge in [0.15, 0.2) is 11.5 Å². The highest BCUT2D eigenvalue weighted by Crippen LogP contribution is 2.37. The first-order valence-electron chi connectivity index (χ1n) is 15.8. The van der Waals surface area contributed by atoms with Crippen molar-refractivity contribution in [1.29, 1.82) is 0 Å². The molecule has 3 aromatic heterocycles. The number of fused-ring (bicyclic) bond motifs is 1. The Labute approximate surface area is 275 Å². The van der Waals surface area contributed by atoms with Gasteiger partial charge in [-0.05, 0) is 92.9 Å². The van der Waals surface area contributed by atoms with Gasteiger partial charge in [-0.25, -0.2) is 19.9 Å². The molecule has 0 fully saturated rings. The molecule has 7 rings (SSSR count). The summed E-state index contributed by atoms with van der Waals surface area (Å²) in [5.41, 5.74) is 13.7. The van der Waals surface area contributed by atoms with Gasteiger partial charge < -0.3 is 0 Å². The lowest BCUT2D eigenvalue weighted by molar-refractivity contribution is 1.03. The van der Waals surface area contributed by atoms with E-state index in [9.17, 15) is 0 Å². The molecule has 0 bridgehead atoms. The van der Waals surface area contributed by atoms with Gasteiger partial charge in [0.2, 0.25) is 0 Å². The Morgan fingerprint density at radius 2 is 1.09 bits per heavy atom. The van der Waals surface area contributed by atoms with Crippen LogP contribution in [0.1, 0.15) is 34.9 Å². The van der Waals surface area contributed by atoms with Crippen molar-refractivity contribution in [3.63, 3.8) is 0 Å². The summed E-state index contributed by atoms with van der Waals surface area (Å²) >= 11 is 0. The summed E-state index contributed by atoms with van der Waals surface area (Å²) in [7, 11) is 0. The van der Waals surface area contributed by atoms with Crippen LogP contribution in [-0.2, 0) is 0 Å². The van der Waals surface area contributed by atoms with E-state index in [1.54, 1.807) is 0 Å². The summed E-state index contributed by atoms with van der Waals surface area (Å²) < 4.78 is 4.32. The molecule has 230 valence electrons. The fourth-order valence-corrected chi connectivity index (χ4v) is 6.51. The third-order valence-electron chi connectivity index (χ3n) is 8.72. The lowest BCUT2D eigenvalue weighted by atomic mass is 10.0. The van der Waals surface area contributed by atoms with E-state index < -0.39 is 0 Å². The molecular formula is C41H36N6. The molecule has 0 aliphatic rings. The van der Waals surface area contributed by atoms with Crippen molar-refractivity contribution < 1.29 is 0 Å². The molecule has 0 aliphatic carbocycles. The van der Waals surface area contributed by atoms with E-state index in [1.807, 2.05) is 37.4 Å². The van der Waals surface area contributed by atoms with Crippen molar-refractivity contribution in [2.75, 3.05) is 0 Å². The van der Waals surface area contributed by atoms with Crippen molar-refractivity contribution in [3.8, 4) is 45.3 Å². The highest BCUT2D eigenvalue weighted by atomic mass is 15.2. The maximum absolute atomic E-state index is 5.04. The number of aliphatic imine (C=N–C) groups is 1. The fraction of sp³-hybridized carbons (Fsp3) is 0.122. The number of pyridine rings is 1. The van der Waals surface area contributed by atoms with E-state index in [1.165, 1.54) is 11.1 Å². The van der Waals surface area contributed by atoms with Crippen LogP contribution in [0.3, 0.4) is 0 Å². The molecule has 47 heavy (non-hydrogen) atoms. The number of allylic oxidation sites excluding steroid dienone is 1. The van der Waals surface area contributed by atoms with Crippen molar-refractivity contribution in [3.05, 3.63) is 137 Å². The lowest BCUT2D eigenvalue weighted by Crippen LogP contribution is -2.03. The van der Waals surface area contributed by atoms with Crippen molar-refractivity contribution in [2.45, 2.75) is 34.6 Å². The molecule has 6 heteroatoms. The summed E-state index contributed by atoms with van der Waals surface area (Å²) in [5, 5.41) is 0. The van der Waals surface area contributed by atoms with E-state index in [4.69, 9.17) is 15.0 Å². The summed E-state index contributed by atoms with van der Waals surface area (Å²) in [5.74, 6) is 2.44. The van der Waals surface area contributed by atoms with Crippen LogP contribution in [0.25, 0.3) is 62.5 Å². The molecule has 7 aromatic rings. The van der Waals surface area contributed by atoms with Crippen molar-refractivity contribution in [2.24, 2.45) is 4.99 Å². The molecule has 0 saturated carbocycles. The monoisotopic (exact) mass is 612 g/mol. The minimum atomic E-state index is 0.734. The molecule has 0 unspecified atom stereocenters. The normalized spacial score (nSPS) is 11.5. The number of rotatable bonds is 7. The number of hydrogen-bond acceptors (Lipinski definition) is 4. The molecule has 0 aliphatic heterocycles. The van der Waals surface area contributed by atoms with Crippen LogP contribution in [0.15, 0.2) is 114 Å². The van der Waals surface area contributed by atoms with Crippen molar-refractivity contribution >= 4 is 29.8 Å². The molecule has 0 saturated heterocycles. The minimum absolute atomic E-state index is 0.734. The van der Waals surface area contributed by atoms with Gasteiger partial charge in [-0.15, -0.1) is 0 Å². The third kappa shape index (κ3) is 5.18. The summed E-state index contributed by atoms with van der Waals surface area (Å²) in [4.78, 5) is 19.2. The topological polar surface area (TPSA) is 60.9 Å². The molecule has 0 N–H and O–H groups in total. The maximum Gasteiger partial charge on any atom is 0.164 e. The Hall–Kier alpha value is -5.88. The number of para-hydroxylation sites is 2. The highest BCUT2D eigenvalue weighted by molar-refractivity contribution is 5.82. The number of benzene rings is 4. The van der Waals surface area contributed by atoms with Crippen LogP contribution in [0.2, 0.25) is 0 Å². The van der Waals surface area contributed by atoms with Crippen LogP contribution >= 0.6 is 0 Å². The van der Waals surface area contributed by atoms with Crippen LogP contribution in [-0.4, -0.2) is 30.8 Å². The van der Waals surface area contributed by atoms with E-state index in [-0.39, 0.29) is 0 Å². The quantitative estimate of drug-likeness (QED) is 0.168. The third-order valence-corrected chi connectivity index (χ3v) is 8.72. The van der Waals surface area contributed by atoms with Crippen molar-refractivity contribution in [1.82, 2.24) is 24.1 Å². The number of hydrogen-bond donors (Lipinski definition) is 0. The lowest BCUT2D eigenvalue weighted by Gasteiger charge is -2.16. The second-order valence-electron chi connectivity index (χ2n) is 11.9. The Balaban J connectivity index is 1.28. The second kappa shape index (κ2) is 12.1. The van der Waals surface area contributed by atoms with Gasteiger partial charge in [0.1, 0.15) is 22.9 Å². The Morgan fingerprint density at radius 3 is 1.60 bits per heavy atom. The molecule has 0 amide bonds. The van der Waals surface area contributed by atoms with E-state index in [0.29, 0.717) is 0 Å². The van der Waals surface area contributed by atoms with Crippen LogP contribution < -0.4 is 0 Å². The Kier molecular flexibility index (Phi) is 7.70. The number of imidazole rings is 2. The highest BCUT2D eigenvalue weighted by Gasteiger charge is 2.21. The first-order chi connectivity index (χ1) is 22.9. The van der Waals surface area contributed by atoms with Gasteiger partial charge in [-0.2, -0.15) is 0 Å². The molecule has 4 aromatic carbocycles. The summed E-state index contributed by atoms with van der Waals surface area (Å²) in [6.45, 7) is 14.4. The largest absolute Gasteiger partial charge is 0.276 e. The zero-order valence-electron chi connectivity index (χ0n) is 27.4. The fourth-order valence-electron chi connectivity index (χ4n) is 6.51. The average Bonchev–Trinajstić information content (AvgIpc) is 3.64. The Morgan fingerprint density at radius 1 is 0.596 bits per heavy atom. The van der Waals surface area contributed by atoms with Gasteiger partial charge in [-0.1, -0.05) is 91.0 Å². The number of nitrogens with zero attached hydrogens (tertiary/aromatic N) is 6. The Bertz CT molecular complexity index is 2260. The van der Waals surface area contributed by atoms with Gasteiger partial charge in [0.25, 0.3) is 0 Å². The number of aryl methyl sites for hydroxylation is 4. The van der Waals surface area contributed by atoms with E-state index in [2.05, 4.69) is 133 Å². The molecular weight excluding hydrogens is 576 g/mol. The van der Waals surface area contributed by atoms with Gasteiger partial charge in [0, 0.05) is 17.3 Å². The standard InChI is InChI=1S/C41H36N6/c1-7-11-34-40(42-6)46(36-26(2)12-8-13-27(36)3)38(44-34)32-21-17-30(18-22-32)31-19-23-33(24-20-31)39-45-35-16-10-25-43-41(35)47(39)37-28(4)14-9-15-29(37)5/h7-25H,6H2,1-5H3/b11-7-. The van der Waals surface area contributed by atoms with E-state index >= 15 is 0 Å². The zero-order chi connectivity index (χ0) is 32.7. The maximum atomic E-state index is 5.04. The zero-order valence-corrected chi connectivity index (χ0v) is 27.4. The smallest absolute Gasteiger partial charge is 0.164 e. The van der Waals surface area contributed by atoms with Gasteiger partial charge in [-0.3, -0.25) is 9.13 Å². The van der Waals surface area contributed by atoms with Gasteiger partial charge in [0.05, 0.1) is 11.4 Å². The van der Waals surface area contributed by atoms with Crippen LogP contribution in [0, 0.1) is 27.7 Å². The molecule has 0 atom stereocenters. The van der Waals surface area contributed by atoms with Crippen LogP contribution in [0.5, 0.6) is 0 Å². The SMILES string of the molecule is C=Nc1c(/C=C\C)nc(-c2ccc(-c3ccc(-c4nc5cccnc5n4-c4c(C)cccc4C)cc3)cc2)n1-c1c(C)cccc1C. The summed E-state index contributed by atoms with van der Waals surface area (Å²) in [6.07, 6.45) is 5.80. The molecule has 3 heterocycles. The van der Waals surface area contributed by atoms with Gasteiger partial charge >= 0.3 is 0 Å². The van der Waals surface area contributed by atoms with Crippen LogP contribution in [0.4, 0.5) is 5.82 Å². The average molecular weight is 613 g/mol. The summed E-state index contributed by atoms with van der Waals surface area (Å²) in [6, 6.07) is 33.8. The first-order valence-corrected chi connectivity index (χ1v) is 15.8. The van der Waals surface area contributed by atoms with E-state index in [0.717, 1.165) is 79.1 Å². The number of aromatic nitrogens is 5. The predicted molar refractivity (Wildman–Crippen MR) is 195 cm³/mol. The predicted octanol–water partition coefficient (Wildman–Crippen LogP) is 10.2.